The number of imidazole rings is 1. The number of hydrogen-bond donors (Lipinski definition) is 0. The first kappa shape index (κ1) is 18.9. The Morgan fingerprint density at radius 1 is 1.25 bits per heavy atom. The van der Waals surface area contributed by atoms with Crippen LogP contribution in [0.1, 0.15) is 37.9 Å². The first-order chi connectivity index (χ1) is 13.7. The molecule has 0 aliphatic carbocycles. The monoisotopic (exact) mass is 384 g/mol. The maximum atomic E-state index is 12.9. The van der Waals surface area contributed by atoms with Crippen molar-refractivity contribution in [3.05, 3.63) is 30.1 Å². The Morgan fingerprint density at radius 2 is 2.04 bits per heavy atom. The van der Waals surface area contributed by atoms with E-state index in [-0.39, 0.29) is 24.3 Å². The van der Waals surface area contributed by atoms with Gasteiger partial charge in [0.1, 0.15) is 12.4 Å². The molecule has 2 saturated heterocycles. The van der Waals surface area contributed by atoms with Crippen molar-refractivity contribution < 1.29 is 14.3 Å². The van der Waals surface area contributed by atoms with Gasteiger partial charge in [0.25, 0.3) is 0 Å². The van der Waals surface area contributed by atoms with Crippen molar-refractivity contribution in [2.75, 3.05) is 39.4 Å². The zero-order valence-corrected chi connectivity index (χ0v) is 16.5. The third-order valence-electron chi connectivity index (χ3n) is 5.70. The van der Waals surface area contributed by atoms with Crippen LogP contribution in [0.3, 0.4) is 0 Å². The Morgan fingerprint density at radius 3 is 2.82 bits per heavy atom. The molecule has 7 heteroatoms. The number of likely N-dealkylation sites (tertiary alicyclic amines) is 1. The molecule has 0 saturated carbocycles. The lowest BCUT2D eigenvalue weighted by atomic mass is 10.1. The highest BCUT2D eigenvalue weighted by Gasteiger charge is 2.34. The summed E-state index contributed by atoms with van der Waals surface area (Å²) in [5.74, 6) is 1.17. The Balaban J connectivity index is 1.60. The van der Waals surface area contributed by atoms with Crippen LogP contribution in [0.25, 0.3) is 11.0 Å². The zero-order chi connectivity index (χ0) is 19.5. The predicted molar refractivity (Wildman–Crippen MR) is 106 cm³/mol. The smallest absolute Gasteiger partial charge is 0.242 e. The number of fused-ring (bicyclic) bond motifs is 1. The number of nitrogens with zero attached hydrogens (tertiary/aromatic N) is 4. The van der Waals surface area contributed by atoms with Crippen LogP contribution in [-0.2, 0) is 20.9 Å². The fourth-order valence-electron chi connectivity index (χ4n) is 4.13. The maximum Gasteiger partial charge on any atom is 0.242 e. The lowest BCUT2D eigenvalue weighted by Gasteiger charge is -2.27. The van der Waals surface area contributed by atoms with Crippen molar-refractivity contribution >= 4 is 22.8 Å². The molecular formula is C21H28N4O3. The third kappa shape index (κ3) is 3.76. The van der Waals surface area contributed by atoms with Crippen molar-refractivity contribution in [3.63, 3.8) is 0 Å². The van der Waals surface area contributed by atoms with Gasteiger partial charge in [0, 0.05) is 38.5 Å². The van der Waals surface area contributed by atoms with E-state index in [2.05, 4.69) is 6.92 Å². The molecule has 2 aliphatic rings. The van der Waals surface area contributed by atoms with Crippen LogP contribution < -0.4 is 0 Å². The second kappa shape index (κ2) is 8.31. The van der Waals surface area contributed by atoms with Crippen molar-refractivity contribution in [1.29, 1.82) is 0 Å². The molecule has 4 rings (SSSR count). The zero-order valence-electron chi connectivity index (χ0n) is 16.5. The Labute approximate surface area is 165 Å². The van der Waals surface area contributed by atoms with Gasteiger partial charge in [0.05, 0.1) is 24.2 Å². The summed E-state index contributed by atoms with van der Waals surface area (Å²) in [5.41, 5.74) is 1.84. The van der Waals surface area contributed by atoms with E-state index < -0.39 is 0 Å². The highest BCUT2D eigenvalue weighted by atomic mass is 16.5. The van der Waals surface area contributed by atoms with Crippen LogP contribution >= 0.6 is 0 Å². The minimum Gasteiger partial charge on any atom is -0.378 e. The number of amides is 2. The number of rotatable bonds is 6. The van der Waals surface area contributed by atoms with Crippen LogP contribution in [0.5, 0.6) is 0 Å². The van der Waals surface area contributed by atoms with Crippen LogP contribution in [0.4, 0.5) is 0 Å². The van der Waals surface area contributed by atoms with E-state index in [4.69, 9.17) is 9.72 Å². The Hall–Kier alpha value is -2.41. The van der Waals surface area contributed by atoms with E-state index in [1.165, 1.54) is 0 Å². The molecule has 0 radical (unpaired) electrons. The molecule has 1 atom stereocenters. The molecule has 2 fully saturated rings. The van der Waals surface area contributed by atoms with Gasteiger partial charge in [-0.2, -0.15) is 0 Å². The molecule has 2 aromatic rings. The first-order valence-electron chi connectivity index (χ1n) is 10.3. The number of para-hydroxylation sites is 2. The number of unbranched alkanes of at least 4 members (excludes halogenated alkanes) is 1. The average Bonchev–Trinajstić information content (AvgIpc) is 3.27. The summed E-state index contributed by atoms with van der Waals surface area (Å²) in [6.07, 6.45) is 2.56. The van der Waals surface area contributed by atoms with E-state index in [0.717, 1.165) is 36.2 Å². The average molecular weight is 384 g/mol. The summed E-state index contributed by atoms with van der Waals surface area (Å²) in [7, 11) is 0. The fourth-order valence-corrected chi connectivity index (χ4v) is 4.13. The van der Waals surface area contributed by atoms with Gasteiger partial charge < -0.3 is 19.1 Å². The van der Waals surface area contributed by atoms with Gasteiger partial charge in [-0.25, -0.2) is 4.98 Å². The first-order valence-corrected chi connectivity index (χ1v) is 10.3. The Bertz CT molecular complexity index is 856. The van der Waals surface area contributed by atoms with Gasteiger partial charge in [0.15, 0.2) is 0 Å². The molecule has 2 aliphatic heterocycles. The van der Waals surface area contributed by atoms with Gasteiger partial charge in [0.2, 0.25) is 11.8 Å². The molecule has 1 aromatic carbocycles. The maximum absolute atomic E-state index is 12.9. The van der Waals surface area contributed by atoms with Crippen molar-refractivity contribution in [2.45, 2.75) is 38.6 Å². The normalized spacial score (nSPS) is 20.3. The largest absolute Gasteiger partial charge is 0.378 e. The SMILES string of the molecule is CCCCN1C[C@@H](c2nc3ccccc3n2CC(=O)N2CCOCC2)CC1=O. The molecule has 0 spiro atoms. The molecule has 150 valence electrons. The Kier molecular flexibility index (Phi) is 5.62. The summed E-state index contributed by atoms with van der Waals surface area (Å²) in [6.45, 7) is 6.33. The molecular weight excluding hydrogens is 356 g/mol. The number of morpholine rings is 1. The van der Waals surface area contributed by atoms with E-state index in [1.807, 2.05) is 38.6 Å². The van der Waals surface area contributed by atoms with Crippen molar-refractivity contribution in [3.8, 4) is 0 Å². The third-order valence-corrected chi connectivity index (χ3v) is 5.70. The number of carbonyl (C=O) groups is 2. The second-order valence-electron chi connectivity index (χ2n) is 7.63. The minimum absolute atomic E-state index is 0.0363. The highest BCUT2D eigenvalue weighted by molar-refractivity contribution is 5.83. The molecule has 0 bridgehead atoms. The van der Waals surface area contributed by atoms with Crippen LogP contribution in [-0.4, -0.2) is 70.6 Å². The lowest BCUT2D eigenvalue weighted by molar-refractivity contribution is -0.135. The van der Waals surface area contributed by atoms with Crippen molar-refractivity contribution in [2.24, 2.45) is 0 Å². The van der Waals surface area contributed by atoms with Gasteiger partial charge in [-0.15, -0.1) is 0 Å². The van der Waals surface area contributed by atoms with E-state index in [1.54, 1.807) is 0 Å². The number of benzene rings is 1. The second-order valence-corrected chi connectivity index (χ2v) is 7.63. The summed E-state index contributed by atoms with van der Waals surface area (Å²) < 4.78 is 7.38. The number of ether oxygens (including phenoxy) is 1. The van der Waals surface area contributed by atoms with Gasteiger partial charge >= 0.3 is 0 Å². The summed E-state index contributed by atoms with van der Waals surface area (Å²) >= 11 is 0. The lowest BCUT2D eigenvalue weighted by Crippen LogP contribution is -2.42. The molecule has 1 aromatic heterocycles. The molecule has 28 heavy (non-hydrogen) atoms. The minimum atomic E-state index is 0.0363. The number of carbonyl (C=O) groups excluding carboxylic acids is 2. The fraction of sp³-hybridized carbons (Fsp3) is 0.571. The molecule has 0 unspecified atom stereocenters. The summed E-state index contributed by atoms with van der Waals surface area (Å²) in [5, 5.41) is 0. The van der Waals surface area contributed by atoms with E-state index in [0.29, 0.717) is 39.3 Å². The molecule has 7 nitrogen and oxygen atoms in total. The van der Waals surface area contributed by atoms with E-state index >= 15 is 0 Å². The number of aromatic nitrogens is 2. The highest BCUT2D eigenvalue weighted by Crippen LogP contribution is 2.30. The number of hydrogen-bond acceptors (Lipinski definition) is 4. The summed E-state index contributed by atoms with van der Waals surface area (Å²) in [6, 6.07) is 7.90. The van der Waals surface area contributed by atoms with Crippen LogP contribution in [0.15, 0.2) is 24.3 Å². The van der Waals surface area contributed by atoms with Gasteiger partial charge in [-0.3, -0.25) is 9.59 Å². The van der Waals surface area contributed by atoms with Crippen LogP contribution in [0, 0.1) is 0 Å². The van der Waals surface area contributed by atoms with E-state index in [9.17, 15) is 9.59 Å². The quantitative estimate of drug-likeness (QED) is 0.764. The molecule has 3 heterocycles. The predicted octanol–water partition coefficient (Wildman–Crippen LogP) is 2.01. The molecule has 0 N–H and O–H groups in total. The molecule has 2 amide bonds. The van der Waals surface area contributed by atoms with Crippen LogP contribution in [0.2, 0.25) is 0 Å². The van der Waals surface area contributed by atoms with Gasteiger partial charge in [-0.05, 0) is 18.6 Å². The van der Waals surface area contributed by atoms with Gasteiger partial charge in [-0.1, -0.05) is 25.5 Å². The van der Waals surface area contributed by atoms with Crippen molar-refractivity contribution in [1.82, 2.24) is 19.4 Å². The standard InChI is InChI=1S/C21H28N4O3/c1-2-3-8-24-14-16(13-19(24)26)21-22-17-6-4-5-7-18(17)25(21)15-20(27)23-9-11-28-12-10-23/h4-7,16H,2-3,8-15H2,1H3/t16-/m0/s1. The topological polar surface area (TPSA) is 67.7 Å². The summed E-state index contributed by atoms with van der Waals surface area (Å²) in [4.78, 5) is 34.0.